The number of likely N-dealkylation sites (N-methyl/N-ethyl adjacent to an activating group) is 1. The van der Waals surface area contributed by atoms with Crippen LogP contribution in [0.4, 0.5) is 4.39 Å². The summed E-state index contributed by atoms with van der Waals surface area (Å²) in [6, 6.07) is 6.02. The maximum atomic E-state index is 12.7. The number of rotatable bonds is 5. The molecule has 1 aliphatic rings. The highest BCUT2D eigenvalue weighted by Gasteiger charge is 2.29. The summed E-state index contributed by atoms with van der Waals surface area (Å²) in [7, 11) is 1.78. The smallest absolute Gasteiger partial charge is 0.225 e. The summed E-state index contributed by atoms with van der Waals surface area (Å²) in [6.07, 6.45) is 2.58. The monoisotopic (exact) mass is 280 g/mol. The molecule has 1 aromatic rings. The van der Waals surface area contributed by atoms with Crippen LogP contribution in [-0.2, 0) is 4.79 Å². The molecule has 2 atom stereocenters. The van der Waals surface area contributed by atoms with Gasteiger partial charge in [0.1, 0.15) is 18.2 Å². The second-order valence-electron chi connectivity index (χ2n) is 5.33. The van der Waals surface area contributed by atoms with Gasteiger partial charge in [-0.25, -0.2) is 4.39 Å². The van der Waals surface area contributed by atoms with Crippen molar-refractivity contribution in [3.8, 4) is 5.75 Å². The van der Waals surface area contributed by atoms with Crippen molar-refractivity contribution in [2.75, 3.05) is 20.2 Å². The van der Waals surface area contributed by atoms with Gasteiger partial charge < -0.3 is 15.4 Å². The molecular weight excluding hydrogens is 259 g/mol. The van der Waals surface area contributed by atoms with Gasteiger partial charge in [0.05, 0.1) is 6.54 Å². The van der Waals surface area contributed by atoms with Gasteiger partial charge in [-0.2, -0.15) is 0 Å². The van der Waals surface area contributed by atoms with Gasteiger partial charge in [-0.3, -0.25) is 4.79 Å². The van der Waals surface area contributed by atoms with Crippen LogP contribution in [0.5, 0.6) is 5.75 Å². The highest BCUT2D eigenvalue weighted by Crippen LogP contribution is 2.25. The SMILES string of the molecule is CN(CCOc1ccc(F)cc1)C(=O)C1CCC(N)C1. The van der Waals surface area contributed by atoms with E-state index in [1.54, 1.807) is 24.1 Å². The molecule has 0 radical (unpaired) electrons. The number of halogens is 1. The van der Waals surface area contributed by atoms with Crippen molar-refractivity contribution in [1.29, 1.82) is 0 Å². The number of amides is 1. The number of nitrogens with two attached hydrogens (primary N) is 1. The lowest BCUT2D eigenvalue weighted by molar-refractivity contribution is -0.134. The van der Waals surface area contributed by atoms with Crippen molar-refractivity contribution in [1.82, 2.24) is 4.90 Å². The normalized spacial score (nSPS) is 21.8. The summed E-state index contributed by atoms with van der Waals surface area (Å²) in [4.78, 5) is 13.8. The van der Waals surface area contributed by atoms with Gasteiger partial charge in [0.15, 0.2) is 0 Å². The van der Waals surface area contributed by atoms with E-state index in [1.165, 1.54) is 12.1 Å². The molecule has 0 saturated heterocycles. The summed E-state index contributed by atoms with van der Waals surface area (Å²) in [5.74, 6) is 0.513. The van der Waals surface area contributed by atoms with Crippen molar-refractivity contribution in [2.45, 2.75) is 25.3 Å². The average molecular weight is 280 g/mol. The van der Waals surface area contributed by atoms with E-state index >= 15 is 0 Å². The molecular formula is C15H21FN2O2. The van der Waals surface area contributed by atoms with Crippen molar-refractivity contribution in [2.24, 2.45) is 11.7 Å². The number of carbonyl (C=O) groups excluding carboxylic acids is 1. The largest absolute Gasteiger partial charge is 0.492 e. The molecule has 0 bridgehead atoms. The zero-order valence-corrected chi connectivity index (χ0v) is 11.7. The predicted octanol–water partition coefficient (Wildman–Crippen LogP) is 1.79. The first kappa shape index (κ1) is 14.8. The standard InChI is InChI=1S/C15H21FN2O2/c1-18(15(19)11-2-5-13(17)10-11)8-9-20-14-6-3-12(16)4-7-14/h3-4,6-7,11,13H,2,5,8-10,17H2,1H3. The van der Waals surface area contributed by atoms with Crippen LogP contribution in [0.3, 0.4) is 0 Å². The van der Waals surface area contributed by atoms with Gasteiger partial charge in [-0.15, -0.1) is 0 Å². The van der Waals surface area contributed by atoms with E-state index in [1.807, 2.05) is 0 Å². The van der Waals surface area contributed by atoms with E-state index in [9.17, 15) is 9.18 Å². The van der Waals surface area contributed by atoms with Crippen LogP contribution >= 0.6 is 0 Å². The first-order valence-corrected chi connectivity index (χ1v) is 6.95. The Morgan fingerprint density at radius 2 is 2.10 bits per heavy atom. The number of nitrogens with zero attached hydrogens (tertiary/aromatic N) is 1. The summed E-state index contributed by atoms with van der Waals surface area (Å²) in [5, 5.41) is 0. The fourth-order valence-corrected chi connectivity index (χ4v) is 2.49. The molecule has 2 N–H and O–H groups in total. The Morgan fingerprint density at radius 1 is 1.40 bits per heavy atom. The highest BCUT2D eigenvalue weighted by atomic mass is 19.1. The molecule has 1 saturated carbocycles. The molecule has 1 aromatic carbocycles. The maximum Gasteiger partial charge on any atom is 0.225 e. The Kier molecular flexibility index (Phi) is 4.95. The first-order chi connectivity index (χ1) is 9.56. The zero-order valence-electron chi connectivity index (χ0n) is 11.7. The van der Waals surface area contributed by atoms with Crippen LogP contribution in [-0.4, -0.2) is 37.0 Å². The van der Waals surface area contributed by atoms with E-state index in [2.05, 4.69) is 0 Å². The van der Waals surface area contributed by atoms with Gasteiger partial charge in [-0.05, 0) is 43.5 Å². The molecule has 1 fully saturated rings. The molecule has 2 unspecified atom stereocenters. The van der Waals surface area contributed by atoms with Crippen LogP contribution in [0, 0.1) is 11.7 Å². The van der Waals surface area contributed by atoms with Gasteiger partial charge in [0.25, 0.3) is 0 Å². The third kappa shape index (κ3) is 3.93. The van der Waals surface area contributed by atoms with Crippen LogP contribution in [0.25, 0.3) is 0 Å². The second-order valence-corrected chi connectivity index (χ2v) is 5.33. The van der Waals surface area contributed by atoms with Gasteiger partial charge in [-0.1, -0.05) is 0 Å². The van der Waals surface area contributed by atoms with Crippen molar-refractivity contribution < 1.29 is 13.9 Å². The fourth-order valence-electron chi connectivity index (χ4n) is 2.49. The van der Waals surface area contributed by atoms with Crippen LogP contribution in [0.2, 0.25) is 0 Å². The lowest BCUT2D eigenvalue weighted by atomic mass is 10.1. The summed E-state index contributed by atoms with van der Waals surface area (Å²) >= 11 is 0. The van der Waals surface area contributed by atoms with Crippen LogP contribution in [0.1, 0.15) is 19.3 Å². The van der Waals surface area contributed by atoms with E-state index in [0.29, 0.717) is 18.9 Å². The van der Waals surface area contributed by atoms with E-state index in [0.717, 1.165) is 19.3 Å². The molecule has 4 nitrogen and oxygen atoms in total. The minimum atomic E-state index is -0.290. The number of carbonyl (C=O) groups is 1. The third-order valence-corrected chi connectivity index (χ3v) is 3.71. The van der Waals surface area contributed by atoms with Crippen molar-refractivity contribution in [3.63, 3.8) is 0 Å². The predicted molar refractivity (Wildman–Crippen MR) is 74.8 cm³/mol. The fraction of sp³-hybridized carbons (Fsp3) is 0.533. The molecule has 0 heterocycles. The van der Waals surface area contributed by atoms with Gasteiger partial charge in [0, 0.05) is 19.0 Å². The van der Waals surface area contributed by atoms with E-state index in [4.69, 9.17) is 10.5 Å². The average Bonchev–Trinajstić information content (AvgIpc) is 2.86. The van der Waals surface area contributed by atoms with Crippen molar-refractivity contribution in [3.05, 3.63) is 30.1 Å². The molecule has 20 heavy (non-hydrogen) atoms. The Morgan fingerprint density at radius 3 is 2.70 bits per heavy atom. The maximum absolute atomic E-state index is 12.7. The molecule has 5 heteroatoms. The number of ether oxygens (including phenoxy) is 1. The van der Waals surface area contributed by atoms with Crippen molar-refractivity contribution >= 4 is 5.91 Å². The molecule has 2 rings (SSSR count). The third-order valence-electron chi connectivity index (χ3n) is 3.71. The van der Waals surface area contributed by atoms with E-state index < -0.39 is 0 Å². The number of benzene rings is 1. The van der Waals surface area contributed by atoms with Crippen LogP contribution < -0.4 is 10.5 Å². The lowest BCUT2D eigenvalue weighted by Crippen LogP contribution is -2.35. The Hall–Kier alpha value is -1.62. The lowest BCUT2D eigenvalue weighted by Gasteiger charge is -2.21. The Labute approximate surface area is 118 Å². The topological polar surface area (TPSA) is 55.6 Å². The summed E-state index contributed by atoms with van der Waals surface area (Å²) < 4.78 is 18.2. The van der Waals surface area contributed by atoms with Gasteiger partial charge in [0.2, 0.25) is 5.91 Å². The molecule has 0 aromatic heterocycles. The Bertz CT molecular complexity index is 450. The van der Waals surface area contributed by atoms with Gasteiger partial charge >= 0.3 is 0 Å². The first-order valence-electron chi connectivity index (χ1n) is 6.95. The second kappa shape index (κ2) is 6.70. The summed E-state index contributed by atoms with van der Waals surface area (Å²) in [5.41, 5.74) is 5.83. The minimum absolute atomic E-state index is 0.0563. The highest BCUT2D eigenvalue weighted by molar-refractivity contribution is 5.78. The zero-order chi connectivity index (χ0) is 14.5. The summed E-state index contributed by atoms with van der Waals surface area (Å²) in [6.45, 7) is 0.911. The molecule has 1 aliphatic carbocycles. The number of hydrogen-bond acceptors (Lipinski definition) is 3. The number of hydrogen-bond donors (Lipinski definition) is 1. The minimum Gasteiger partial charge on any atom is -0.492 e. The molecule has 0 aliphatic heterocycles. The molecule has 110 valence electrons. The molecule has 0 spiro atoms. The molecule has 1 amide bonds. The Balaban J connectivity index is 1.73. The quantitative estimate of drug-likeness (QED) is 0.894. The van der Waals surface area contributed by atoms with E-state index in [-0.39, 0.29) is 23.7 Å². The van der Waals surface area contributed by atoms with Crippen LogP contribution in [0.15, 0.2) is 24.3 Å².